The zero-order valence-corrected chi connectivity index (χ0v) is 15.0. The Bertz CT molecular complexity index is 740. The molecule has 1 aliphatic carbocycles. The molecule has 124 valence electrons. The highest BCUT2D eigenvalue weighted by Gasteiger charge is 2.58. The number of hydrogen-bond acceptors (Lipinski definition) is 2. The maximum atomic E-state index is 13.0. The lowest BCUT2D eigenvalue weighted by Crippen LogP contribution is -2.43. The highest BCUT2D eigenvalue weighted by Crippen LogP contribution is 2.48. The van der Waals surface area contributed by atoms with Crippen LogP contribution in [-0.2, 0) is 9.59 Å². The van der Waals surface area contributed by atoms with Crippen LogP contribution >= 0.6 is 15.9 Å². The third-order valence-corrected chi connectivity index (χ3v) is 4.85. The molecule has 1 saturated carbocycles. The maximum absolute atomic E-state index is 13.0. The van der Waals surface area contributed by atoms with E-state index in [9.17, 15) is 9.59 Å². The molecule has 1 aliphatic rings. The number of nitrogens with zero attached hydrogens (tertiary/aromatic N) is 1. The van der Waals surface area contributed by atoms with Gasteiger partial charge in [-0.25, -0.2) is 0 Å². The number of halogens is 1. The van der Waals surface area contributed by atoms with Gasteiger partial charge >= 0.3 is 0 Å². The molecular weight excluding hydrogens is 368 g/mol. The number of nitrogens with one attached hydrogen (secondary N) is 1. The number of anilines is 2. The second kappa shape index (κ2) is 6.77. The normalized spacial score (nSPS) is 14.8. The van der Waals surface area contributed by atoms with E-state index in [1.165, 1.54) is 0 Å². The average Bonchev–Trinajstić information content (AvgIpc) is 3.40. The molecule has 0 bridgehead atoms. The van der Waals surface area contributed by atoms with E-state index < -0.39 is 5.41 Å². The SMILES string of the molecule is CCN(C(=O)C1(C(=O)Nc2ccc(Br)cc2)CC1)c1ccccc1. The van der Waals surface area contributed by atoms with Gasteiger partial charge in [0.2, 0.25) is 11.8 Å². The molecule has 5 heteroatoms. The molecule has 4 nitrogen and oxygen atoms in total. The van der Waals surface area contributed by atoms with Gasteiger partial charge in [-0.1, -0.05) is 34.1 Å². The highest BCUT2D eigenvalue weighted by molar-refractivity contribution is 9.10. The van der Waals surface area contributed by atoms with Crippen LogP contribution in [0.2, 0.25) is 0 Å². The fourth-order valence-corrected chi connectivity index (χ4v) is 3.02. The first-order chi connectivity index (χ1) is 11.6. The lowest BCUT2D eigenvalue weighted by molar-refractivity contribution is -0.132. The predicted molar refractivity (Wildman–Crippen MR) is 98.9 cm³/mol. The van der Waals surface area contributed by atoms with Crippen molar-refractivity contribution in [3.63, 3.8) is 0 Å². The second-order valence-electron chi connectivity index (χ2n) is 5.93. The van der Waals surface area contributed by atoms with Gasteiger partial charge in [0, 0.05) is 22.4 Å². The molecule has 0 saturated heterocycles. The van der Waals surface area contributed by atoms with Crippen LogP contribution in [0.3, 0.4) is 0 Å². The number of benzene rings is 2. The number of carbonyl (C=O) groups is 2. The van der Waals surface area contributed by atoms with Crippen LogP contribution in [0.1, 0.15) is 19.8 Å². The molecule has 0 radical (unpaired) electrons. The molecular formula is C19H19BrN2O2. The zero-order valence-electron chi connectivity index (χ0n) is 13.5. The summed E-state index contributed by atoms with van der Waals surface area (Å²) in [5.41, 5.74) is 0.594. The summed E-state index contributed by atoms with van der Waals surface area (Å²) < 4.78 is 0.943. The molecule has 2 aromatic carbocycles. The third-order valence-electron chi connectivity index (χ3n) is 4.33. The lowest BCUT2D eigenvalue weighted by atomic mass is 10.0. The van der Waals surface area contributed by atoms with E-state index in [4.69, 9.17) is 0 Å². The summed E-state index contributed by atoms with van der Waals surface area (Å²) in [5.74, 6) is -0.338. The van der Waals surface area contributed by atoms with Gasteiger partial charge in [0.25, 0.3) is 0 Å². The monoisotopic (exact) mass is 386 g/mol. The molecule has 0 spiro atoms. The summed E-state index contributed by atoms with van der Waals surface area (Å²) in [7, 11) is 0. The Morgan fingerprint density at radius 1 is 1.08 bits per heavy atom. The fraction of sp³-hybridized carbons (Fsp3) is 0.263. The van der Waals surface area contributed by atoms with Crippen molar-refractivity contribution < 1.29 is 9.59 Å². The summed E-state index contributed by atoms with van der Waals surface area (Å²) >= 11 is 3.37. The van der Waals surface area contributed by atoms with Crippen LogP contribution in [0.4, 0.5) is 11.4 Å². The minimum absolute atomic E-state index is 0.120. The predicted octanol–water partition coefficient (Wildman–Crippen LogP) is 4.22. The first-order valence-corrected chi connectivity index (χ1v) is 8.80. The molecule has 2 amide bonds. The smallest absolute Gasteiger partial charge is 0.242 e. The first-order valence-electron chi connectivity index (χ1n) is 8.01. The molecule has 1 fully saturated rings. The largest absolute Gasteiger partial charge is 0.325 e. The highest BCUT2D eigenvalue weighted by atomic mass is 79.9. The summed E-state index contributed by atoms with van der Waals surface area (Å²) in [5, 5.41) is 2.88. The molecule has 0 unspecified atom stereocenters. The molecule has 0 heterocycles. The van der Waals surface area contributed by atoms with Gasteiger partial charge in [-0.2, -0.15) is 0 Å². The third kappa shape index (κ3) is 3.22. The van der Waals surface area contributed by atoms with E-state index in [2.05, 4.69) is 21.2 Å². The van der Waals surface area contributed by atoms with Gasteiger partial charge in [-0.3, -0.25) is 9.59 Å². The van der Waals surface area contributed by atoms with Gasteiger partial charge in [-0.15, -0.1) is 0 Å². The topological polar surface area (TPSA) is 49.4 Å². The Hall–Kier alpha value is -2.14. The van der Waals surface area contributed by atoms with E-state index in [0.717, 1.165) is 10.2 Å². The van der Waals surface area contributed by atoms with Crippen molar-refractivity contribution >= 4 is 39.1 Å². The Morgan fingerprint density at radius 2 is 1.71 bits per heavy atom. The summed E-state index contributed by atoms with van der Waals surface area (Å²) in [6.45, 7) is 2.46. The summed E-state index contributed by atoms with van der Waals surface area (Å²) in [6, 6.07) is 16.8. The zero-order chi connectivity index (χ0) is 17.2. The van der Waals surface area contributed by atoms with Crippen molar-refractivity contribution in [2.75, 3.05) is 16.8 Å². The molecule has 1 N–H and O–H groups in total. The Balaban J connectivity index is 1.78. The molecule has 3 rings (SSSR count). The fourth-order valence-electron chi connectivity index (χ4n) is 2.76. The maximum Gasteiger partial charge on any atom is 0.242 e. The lowest BCUT2D eigenvalue weighted by Gasteiger charge is -2.26. The summed E-state index contributed by atoms with van der Waals surface area (Å²) in [6.07, 6.45) is 1.19. The van der Waals surface area contributed by atoms with Crippen molar-refractivity contribution in [2.24, 2.45) is 5.41 Å². The molecule has 2 aromatic rings. The van der Waals surface area contributed by atoms with Gasteiger partial charge in [0.15, 0.2) is 0 Å². The standard InChI is InChI=1S/C19H19BrN2O2/c1-2-22(16-6-4-3-5-7-16)18(24)19(12-13-19)17(23)21-15-10-8-14(20)9-11-15/h3-11H,2,12-13H2,1H3,(H,21,23). The molecule has 0 aromatic heterocycles. The van der Waals surface area contributed by atoms with Crippen LogP contribution < -0.4 is 10.2 Å². The van der Waals surface area contributed by atoms with Crippen molar-refractivity contribution in [2.45, 2.75) is 19.8 Å². The van der Waals surface area contributed by atoms with E-state index in [0.29, 0.717) is 25.1 Å². The number of rotatable bonds is 5. The van der Waals surface area contributed by atoms with Crippen molar-refractivity contribution in [3.05, 3.63) is 59.1 Å². The van der Waals surface area contributed by atoms with Gasteiger partial charge in [0.05, 0.1) is 0 Å². The van der Waals surface area contributed by atoms with Crippen molar-refractivity contribution in [1.82, 2.24) is 0 Å². The number of amides is 2. The Morgan fingerprint density at radius 3 is 2.25 bits per heavy atom. The van der Waals surface area contributed by atoms with Crippen molar-refractivity contribution in [1.29, 1.82) is 0 Å². The number of hydrogen-bond donors (Lipinski definition) is 1. The Kier molecular flexibility index (Phi) is 4.71. The Labute approximate surface area is 150 Å². The van der Waals surface area contributed by atoms with Gasteiger partial charge < -0.3 is 10.2 Å². The minimum atomic E-state index is -0.932. The van der Waals surface area contributed by atoms with Crippen LogP contribution in [0.25, 0.3) is 0 Å². The second-order valence-corrected chi connectivity index (χ2v) is 6.84. The van der Waals surface area contributed by atoms with E-state index >= 15 is 0 Å². The van der Waals surface area contributed by atoms with Crippen LogP contribution in [0.5, 0.6) is 0 Å². The van der Waals surface area contributed by atoms with Crippen LogP contribution in [0, 0.1) is 5.41 Å². The number of para-hydroxylation sites is 1. The van der Waals surface area contributed by atoms with Gasteiger partial charge in [0.1, 0.15) is 5.41 Å². The quantitative estimate of drug-likeness (QED) is 0.781. The van der Waals surface area contributed by atoms with Crippen LogP contribution in [-0.4, -0.2) is 18.4 Å². The number of carbonyl (C=O) groups excluding carboxylic acids is 2. The molecule has 0 atom stereocenters. The minimum Gasteiger partial charge on any atom is -0.325 e. The van der Waals surface area contributed by atoms with Crippen molar-refractivity contribution in [3.8, 4) is 0 Å². The van der Waals surface area contributed by atoms with Crippen LogP contribution in [0.15, 0.2) is 59.1 Å². The average molecular weight is 387 g/mol. The molecule has 0 aliphatic heterocycles. The van der Waals surface area contributed by atoms with E-state index in [1.54, 1.807) is 4.90 Å². The van der Waals surface area contributed by atoms with E-state index in [-0.39, 0.29) is 11.8 Å². The first kappa shape index (κ1) is 16.7. The van der Waals surface area contributed by atoms with Gasteiger partial charge in [-0.05, 0) is 56.2 Å². The van der Waals surface area contributed by atoms with E-state index in [1.807, 2.05) is 61.5 Å². The molecule has 24 heavy (non-hydrogen) atoms. The summed E-state index contributed by atoms with van der Waals surface area (Å²) in [4.78, 5) is 27.4.